The van der Waals surface area contributed by atoms with Crippen molar-refractivity contribution in [2.45, 2.75) is 17.1 Å². The second kappa shape index (κ2) is 7.50. The minimum absolute atomic E-state index is 0.0332. The molecule has 1 aliphatic heterocycles. The van der Waals surface area contributed by atoms with Crippen LogP contribution in [0.1, 0.15) is 22.0 Å². The topological polar surface area (TPSA) is 69.7 Å². The predicted octanol–water partition coefficient (Wildman–Crippen LogP) is 4.54. The van der Waals surface area contributed by atoms with E-state index < -0.39 is 28.1 Å². The van der Waals surface area contributed by atoms with Crippen LogP contribution >= 0.6 is 15.9 Å². The highest BCUT2D eigenvalue weighted by atomic mass is 79.9. The highest BCUT2D eigenvalue weighted by Gasteiger charge is 2.42. The molecule has 0 aromatic heterocycles. The average Bonchev–Trinajstić information content (AvgIpc) is 2.71. The maximum Gasteiger partial charge on any atom is 0.297 e. The van der Waals surface area contributed by atoms with Crippen LogP contribution in [0.5, 0.6) is 5.75 Å². The van der Waals surface area contributed by atoms with E-state index in [-0.39, 0.29) is 4.90 Å². The molecule has 5 nitrogen and oxygen atoms in total. The van der Waals surface area contributed by atoms with E-state index in [1.165, 1.54) is 12.1 Å². The van der Waals surface area contributed by atoms with Gasteiger partial charge in [0.05, 0.1) is 10.5 Å². The molecule has 7 heteroatoms. The van der Waals surface area contributed by atoms with Crippen LogP contribution in [0.15, 0.2) is 88.2 Å². The van der Waals surface area contributed by atoms with Crippen LogP contribution in [0.4, 0.5) is 0 Å². The number of ether oxygens (including phenoxy) is 1. The van der Waals surface area contributed by atoms with E-state index in [2.05, 4.69) is 15.9 Å². The van der Waals surface area contributed by atoms with Crippen molar-refractivity contribution in [2.24, 2.45) is 0 Å². The van der Waals surface area contributed by atoms with E-state index in [4.69, 9.17) is 8.92 Å². The zero-order valence-corrected chi connectivity index (χ0v) is 16.9. The molecule has 0 fully saturated rings. The molecule has 0 bridgehead atoms. The molecule has 0 amide bonds. The Morgan fingerprint density at radius 3 is 2.21 bits per heavy atom. The van der Waals surface area contributed by atoms with Gasteiger partial charge in [0.15, 0.2) is 12.2 Å². The normalized spacial score (nSPS) is 19.0. The summed E-state index contributed by atoms with van der Waals surface area (Å²) in [6.07, 6.45) is -2.21. The molecule has 28 heavy (non-hydrogen) atoms. The second-order valence-corrected chi connectivity index (χ2v) is 8.72. The third-order valence-electron chi connectivity index (χ3n) is 4.40. The van der Waals surface area contributed by atoms with Gasteiger partial charge in [0, 0.05) is 4.47 Å². The Labute approximate surface area is 171 Å². The zero-order valence-electron chi connectivity index (χ0n) is 14.5. The number of para-hydroxylation sites is 1. The summed E-state index contributed by atoms with van der Waals surface area (Å²) in [6.45, 7) is 0. The van der Waals surface area contributed by atoms with Crippen LogP contribution in [-0.2, 0) is 14.3 Å². The van der Waals surface area contributed by atoms with E-state index in [0.717, 1.165) is 4.47 Å². The Morgan fingerprint density at radius 1 is 0.857 bits per heavy atom. The summed E-state index contributed by atoms with van der Waals surface area (Å²) in [5, 5.41) is 0. The smallest absolute Gasteiger partial charge is 0.297 e. The number of hydrogen-bond donors (Lipinski definition) is 0. The minimum atomic E-state index is -4.17. The summed E-state index contributed by atoms with van der Waals surface area (Å²) in [6, 6.07) is 21.7. The summed E-state index contributed by atoms with van der Waals surface area (Å²) in [5.74, 6) is -0.0290. The van der Waals surface area contributed by atoms with E-state index in [9.17, 15) is 13.2 Å². The number of rotatable bonds is 4. The van der Waals surface area contributed by atoms with Crippen molar-refractivity contribution in [1.82, 2.24) is 0 Å². The number of carbonyl (C=O) groups is 1. The molecule has 4 rings (SSSR count). The Balaban J connectivity index is 1.75. The van der Waals surface area contributed by atoms with E-state index in [0.29, 0.717) is 16.9 Å². The van der Waals surface area contributed by atoms with Gasteiger partial charge in [0.25, 0.3) is 10.1 Å². The number of ketones is 1. The maximum absolute atomic E-state index is 13.1. The first kappa shape index (κ1) is 18.9. The van der Waals surface area contributed by atoms with E-state index in [1.807, 2.05) is 6.07 Å². The Kier molecular flexibility index (Phi) is 5.05. The molecule has 0 unspecified atom stereocenters. The molecule has 2 atom stereocenters. The standard InChI is InChI=1S/C21H15BrO5S/c22-15-10-12-16(13-11-15)28(24,25)27-21-19(23)17-8-4-5-9-18(17)26-20(21)14-6-2-1-3-7-14/h1-13,20-21H/t20-,21+/m0/s1. The molecular weight excluding hydrogens is 444 g/mol. The highest BCUT2D eigenvalue weighted by molar-refractivity contribution is 9.10. The Morgan fingerprint density at radius 2 is 1.50 bits per heavy atom. The first-order valence-corrected chi connectivity index (χ1v) is 10.7. The molecule has 0 spiro atoms. The number of Topliss-reactive ketones (excluding diaryl/α,β-unsaturated/α-hetero) is 1. The van der Waals surface area contributed by atoms with Crippen LogP contribution in [0.3, 0.4) is 0 Å². The summed E-state index contributed by atoms with van der Waals surface area (Å²) in [4.78, 5) is 13.1. The van der Waals surface area contributed by atoms with Crippen molar-refractivity contribution in [1.29, 1.82) is 0 Å². The molecule has 0 saturated heterocycles. The van der Waals surface area contributed by atoms with Gasteiger partial charge in [-0.1, -0.05) is 58.4 Å². The summed E-state index contributed by atoms with van der Waals surface area (Å²) in [7, 11) is -4.17. The van der Waals surface area contributed by atoms with Crippen molar-refractivity contribution >= 4 is 31.8 Å². The average molecular weight is 459 g/mol. The third-order valence-corrected chi connectivity index (χ3v) is 6.24. The fourth-order valence-corrected chi connectivity index (χ4v) is 4.34. The summed E-state index contributed by atoms with van der Waals surface area (Å²) in [5.41, 5.74) is 0.951. The fraction of sp³-hybridized carbons (Fsp3) is 0.0952. The number of benzene rings is 3. The monoisotopic (exact) mass is 458 g/mol. The lowest BCUT2D eigenvalue weighted by molar-refractivity contribution is 0.0343. The molecular formula is C21H15BrO5S. The number of carbonyl (C=O) groups excluding carboxylic acids is 1. The van der Waals surface area contributed by atoms with Crippen molar-refractivity contribution in [3.8, 4) is 5.75 Å². The third kappa shape index (κ3) is 3.61. The molecule has 0 N–H and O–H groups in total. The Hall–Kier alpha value is -2.48. The van der Waals surface area contributed by atoms with Crippen LogP contribution in [-0.4, -0.2) is 20.3 Å². The molecule has 1 heterocycles. The van der Waals surface area contributed by atoms with Gasteiger partial charge in [-0.2, -0.15) is 8.42 Å². The van der Waals surface area contributed by atoms with Gasteiger partial charge < -0.3 is 4.74 Å². The fourth-order valence-electron chi connectivity index (χ4n) is 3.04. The number of hydrogen-bond acceptors (Lipinski definition) is 5. The van der Waals surface area contributed by atoms with Crippen LogP contribution in [0.25, 0.3) is 0 Å². The lowest BCUT2D eigenvalue weighted by atomic mass is 9.94. The molecule has 3 aromatic carbocycles. The van der Waals surface area contributed by atoms with Gasteiger partial charge in [-0.05, 0) is 42.0 Å². The van der Waals surface area contributed by atoms with Gasteiger partial charge in [-0.25, -0.2) is 0 Å². The molecule has 142 valence electrons. The van der Waals surface area contributed by atoms with Crippen molar-refractivity contribution in [3.05, 3.63) is 94.5 Å². The molecule has 0 radical (unpaired) electrons. The number of fused-ring (bicyclic) bond motifs is 1. The quantitative estimate of drug-likeness (QED) is 0.536. The van der Waals surface area contributed by atoms with Crippen molar-refractivity contribution < 1.29 is 22.1 Å². The van der Waals surface area contributed by atoms with Gasteiger partial charge in [0.2, 0.25) is 5.78 Å². The van der Waals surface area contributed by atoms with E-state index >= 15 is 0 Å². The lowest BCUT2D eigenvalue weighted by Gasteiger charge is -2.32. The SMILES string of the molecule is O=C1c2ccccc2O[C@@H](c2ccccc2)[C@@H]1OS(=O)(=O)c1ccc(Br)cc1. The van der Waals surface area contributed by atoms with Crippen LogP contribution in [0, 0.1) is 0 Å². The number of halogens is 1. The van der Waals surface area contributed by atoms with Gasteiger partial charge in [-0.3, -0.25) is 8.98 Å². The largest absolute Gasteiger partial charge is 0.482 e. The second-order valence-electron chi connectivity index (χ2n) is 6.23. The summed E-state index contributed by atoms with van der Waals surface area (Å²) >= 11 is 3.27. The minimum Gasteiger partial charge on any atom is -0.482 e. The highest BCUT2D eigenvalue weighted by Crippen LogP contribution is 2.37. The van der Waals surface area contributed by atoms with Gasteiger partial charge in [-0.15, -0.1) is 0 Å². The van der Waals surface area contributed by atoms with E-state index in [1.54, 1.807) is 60.7 Å². The van der Waals surface area contributed by atoms with Gasteiger partial charge >= 0.3 is 0 Å². The van der Waals surface area contributed by atoms with Gasteiger partial charge in [0.1, 0.15) is 5.75 Å². The lowest BCUT2D eigenvalue weighted by Crippen LogP contribution is -2.39. The molecule has 0 saturated carbocycles. The molecule has 0 aliphatic carbocycles. The molecule has 3 aromatic rings. The zero-order chi connectivity index (χ0) is 19.7. The Bertz CT molecular complexity index is 1110. The van der Waals surface area contributed by atoms with Crippen LogP contribution < -0.4 is 4.74 Å². The van der Waals surface area contributed by atoms with Crippen LogP contribution in [0.2, 0.25) is 0 Å². The summed E-state index contributed by atoms with van der Waals surface area (Å²) < 4.78 is 37.7. The maximum atomic E-state index is 13.1. The first-order valence-electron chi connectivity index (χ1n) is 8.49. The predicted molar refractivity (Wildman–Crippen MR) is 107 cm³/mol. The first-order chi connectivity index (χ1) is 13.5. The van der Waals surface area contributed by atoms with Crippen molar-refractivity contribution in [3.63, 3.8) is 0 Å². The molecule has 1 aliphatic rings. The van der Waals surface area contributed by atoms with Crippen molar-refractivity contribution in [2.75, 3.05) is 0 Å².